The average Bonchev–Trinajstić information content (AvgIpc) is 3.20. The maximum Gasteiger partial charge on any atom is 0.252 e. The summed E-state index contributed by atoms with van der Waals surface area (Å²) in [6, 6.07) is 59.6. The highest BCUT2D eigenvalue weighted by Crippen LogP contribution is 2.45. The predicted octanol–water partition coefficient (Wildman–Crippen LogP) is 12.5. The van der Waals surface area contributed by atoms with Gasteiger partial charge < -0.3 is 9.80 Å². The number of anilines is 6. The van der Waals surface area contributed by atoms with Crippen LogP contribution in [0.15, 0.2) is 158 Å². The molecule has 54 heavy (non-hydrogen) atoms. The zero-order valence-corrected chi connectivity index (χ0v) is 32.2. The van der Waals surface area contributed by atoms with Crippen molar-refractivity contribution >= 4 is 57.2 Å². The molecule has 0 N–H and O–H groups in total. The van der Waals surface area contributed by atoms with Crippen LogP contribution in [0.5, 0.6) is 0 Å². The van der Waals surface area contributed by atoms with Crippen molar-refractivity contribution in [3.8, 4) is 22.3 Å². The second kappa shape index (κ2) is 13.6. The fourth-order valence-corrected chi connectivity index (χ4v) is 8.57. The zero-order valence-electron chi connectivity index (χ0n) is 32.2. The number of hydrogen-bond donors (Lipinski definition) is 0. The Morgan fingerprint density at radius 1 is 0.352 bits per heavy atom. The number of benzene rings is 7. The minimum absolute atomic E-state index is 0.0916. The molecule has 0 bridgehead atoms. The third-order valence-corrected chi connectivity index (χ3v) is 11.6. The highest BCUT2D eigenvalue weighted by Gasteiger charge is 2.43. The molecule has 0 saturated heterocycles. The highest BCUT2D eigenvalue weighted by atomic mass is 15.2. The van der Waals surface area contributed by atoms with Crippen LogP contribution >= 0.6 is 0 Å². The van der Waals surface area contributed by atoms with Crippen LogP contribution in [0, 0.1) is 0 Å². The van der Waals surface area contributed by atoms with Crippen molar-refractivity contribution in [2.75, 3.05) is 9.80 Å². The van der Waals surface area contributed by atoms with Crippen molar-refractivity contribution in [1.29, 1.82) is 0 Å². The molecular weight excluding hydrogens is 651 g/mol. The predicted molar refractivity (Wildman–Crippen MR) is 234 cm³/mol. The first-order chi connectivity index (χ1) is 26.3. The first-order valence-corrected chi connectivity index (χ1v) is 19.6. The van der Waals surface area contributed by atoms with Crippen LogP contribution in [0.25, 0.3) is 22.3 Å². The summed E-state index contributed by atoms with van der Waals surface area (Å²) in [4.78, 5) is 5.01. The maximum absolute atomic E-state index is 2.52. The Hall–Kier alpha value is -5.80. The first-order valence-electron chi connectivity index (χ1n) is 19.6. The van der Waals surface area contributed by atoms with E-state index < -0.39 is 0 Å². The fourth-order valence-electron chi connectivity index (χ4n) is 8.57. The molecule has 2 aliphatic heterocycles. The van der Waals surface area contributed by atoms with Crippen molar-refractivity contribution < 1.29 is 0 Å². The van der Waals surface area contributed by atoms with Crippen molar-refractivity contribution in [2.45, 2.75) is 59.3 Å². The monoisotopic (exact) mass is 698 g/mol. The molecular formula is C51H47BN2. The minimum Gasteiger partial charge on any atom is -0.311 e. The van der Waals surface area contributed by atoms with E-state index in [1.165, 1.54) is 83.8 Å². The average molecular weight is 699 g/mol. The molecule has 2 heterocycles. The Bertz CT molecular complexity index is 2480. The third kappa shape index (κ3) is 5.74. The highest BCUT2D eigenvalue weighted by molar-refractivity contribution is 7.00. The lowest BCUT2D eigenvalue weighted by molar-refractivity contribution is 0.866. The van der Waals surface area contributed by atoms with Crippen molar-refractivity contribution in [3.05, 3.63) is 174 Å². The van der Waals surface area contributed by atoms with E-state index in [1.807, 2.05) is 0 Å². The van der Waals surface area contributed by atoms with E-state index in [1.54, 1.807) is 0 Å². The summed E-state index contributed by atoms with van der Waals surface area (Å²) in [5, 5.41) is 0. The van der Waals surface area contributed by atoms with Crippen molar-refractivity contribution in [2.24, 2.45) is 0 Å². The van der Waals surface area contributed by atoms with Gasteiger partial charge in [-0.2, -0.15) is 0 Å². The van der Waals surface area contributed by atoms with Crippen LogP contribution in [0.1, 0.15) is 76.0 Å². The molecule has 264 valence electrons. The van der Waals surface area contributed by atoms with Gasteiger partial charge in [0.2, 0.25) is 0 Å². The number of para-hydroxylation sites is 1. The van der Waals surface area contributed by atoms with Gasteiger partial charge in [0, 0.05) is 34.1 Å². The summed E-state index contributed by atoms with van der Waals surface area (Å²) in [6.45, 7) is 13.6. The summed E-state index contributed by atoms with van der Waals surface area (Å²) in [6.07, 6.45) is 0. The van der Waals surface area contributed by atoms with Crippen LogP contribution in [-0.4, -0.2) is 6.71 Å². The Kier molecular flexibility index (Phi) is 8.54. The van der Waals surface area contributed by atoms with Crippen molar-refractivity contribution in [3.63, 3.8) is 0 Å². The van der Waals surface area contributed by atoms with Crippen LogP contribution in [-0.2, 0) is 0 Å². The van der Waals surface area contributed by atoms with Crippen LogP contribution in [0.3, 0.4) is 0 Å². The van der Waals surface area contributed by atoms with Gasteiger partial charge in [-0.25, -0.2) is 0 Å². The van der Waals surface area contributed by atoms with E-state index >= 15 is 0 Å². The number of hydrogen-bond acceptors (Lipinski definition) is 2. The standard InChI is InChI=1S/C51H47BN2/c1-33(2)36-17-21-39(22-18-36)41-11-9-12-44(31-41)54-49-16-10-15-48-51(49)52(46-30-27-42(32-50(46)54)40-23-19-37(20-24-40)34(3)4)45-13-7-8-14-47(45)53(48)43-28-25-38(26-29-43)35(5)6/h7-35H,1-6H3. The minimum atomic E-state index is 0.0916. The van der Waals surface area contributed by atoms with E-state index in [9.17, 15) is 0 Å². The Morgan fingerprint density at radius 2 is 0.815 bits per heavy atom. The van der Waals surface area contributed by atoms with Gasteiger partial charge in [0.05, 0.1) is 0 Å². The van der Waals surface area contributed by atoms with Gasteiger partial charge in [-0.05, 0) is 122 Å². The molecule has 0 aromatic heterocycles. The fraction of sp³-hybridized carbons (Fsp3) is 0.176. The van der Waals surface area contributed by atoms with E-state index in [-0.39, 0.29) is 6.71 Å². The van der Waals surface area contributed by atoms with Crippen LogP contribution < -0.4 is 26.2 Å². The second-order valence-corrected chi connectivity index (χ2v) is 16.0. The van der Waals surface area contributed by atoms with E-state index in [0.29, 0.717) is 17.8 Å². The molecule has 0 fully saturated rings. The molecule has 9 rings (SSSR count). The normalized spacial score (nSPS) is 13.0. The van der Waals surface area contributed by atoms with Crippen LogP contribution in [0.2, 0.25) is 0 Å². The Labute approximate surface area is 321 Å². The lowest BCUT2D eigenvalue weighted by atomic mass is 9.33. The van der Waals surface area contributed by atoms with Crippen LogP contribution in [0.4, 0.5) is 34.1 Å². The molecule has 0 amide bonds. The molecule has 0 radical (unpaired) electrons. The summed E-state index contributed by atoms with van der Waals surface area (Å²) >= 11 is 0. The van der Waals surface area contributed by atoms with Crippen molar-refractivity contribution in [1.82, 2.24) is 0 Å². The van der Waals surface area contributed by atoms with E-state index in [4.69, 9.17) is 0 Å². The lowest BCUT2D eigenvalue weighted by Crippen LogP contribution is -2.61. The molecule has 0 aliphatic carbocycles. The first kappa shape index (κ1) is 34.0. The Morgan fingerprint density at radius 3 is 1.41 bits per heavy atom. The summed E-state index contributed by atoms with van der Waals surface area (Å²) in [5.74, 6) is 1.48. The van der Waals surface area contributed by atoms with Gasteiger partial charge in [-0.3, -0.25) is 0 Å². The summed E-state index contributed by atoms with van der Waals surface area (Å²) in [7, 11) is 0. The third-order valence-electron chi connectivity index (χ3n) is 11.6. The Balaban J connectivity index is 1.26. The van der Waals surface area contributed by atoms with Gasteiger partial charge in [-0.1, -0.05) is 151 Å². The number of rotatable bonds is 7. The summed E-state index contributed by atoms with van der Waals surface area (Å²) in [5.41, 5.74) is 20.3. The van der Waals surface area contributed by atoms with Gasteiger partial charge in [0.25, 0.3) is 6.71 Å². The molecule has 0 spiro atoms. The number of nitrogens with zero attached hydrogens (tertiary/aromatic N) is 2. The molecule has 0 saturated carbocycles. The SMILES string of the molecule is CC(C)c1ccc(-c2cccc(N3c4cc(-c5ccc(C(C)C)cc5)ccc4B4c5ccccc5N(c5ccc(C(C)C)cc5)c5cccc3c54)c2)cc1. The quantitative estimate of drug-likeness (QED) is 0.153. The van der Waals surface area contributed by atoms with Gasteiger partial charge in [0.1, 0.15) is 0 Å². The topological polar surface area (TPSA) is 6.48 Å². The molecule has 7 aromatic carbocycles. The van der Waals surface area contributed by atoms with E-state index in [0.717, 1.165) is 5.69 Å². The maximum atomic E-state index is 2.52. The molecule has 2 aliphatic rings. The summed E-state index contributed by atoms with van der Waals surface area (Å²) < 4.78 is 0. The molecule has 2 nitrogen and oxygen atoms in total. The lowest BCUT2D eigenvalue weighted by Gasteiger charge is -2.44. The second-order valence-electron chi connectivity index (χ2n) is 16.0. The van der Waals surface area contributed by atoms with Gasteiger partial charge >= 0.3 is 0 Å². The van der Waals surface area contributed by atoms with Gasteiger partial charge in [-0.15, -0.1) is 0 Å². The zero-order chi connectivity index (χ0) is 37.1. The number of fused-ring (bicyclic) bond motifs is 4. The molecule has 3 heteroatoms. The van der Waals surface area contributed by atoms with E-state index in [2.05, 4.69) is 209 Å². The smallest absolute Gasteiger partial charge is 0.252 e. The largest absolute Gasteiger partial charge is 0.311 e. The molecule has 0 atom stereocenters. The molecule has 0 unspecified atom stereocenters. The van der Waals surface area contributed by atoms with Gasteiger partial charge in [0.15, 0.2) is 0 Å². The molecule has 7 aromatic rings.